The Kier molecular flexibility index (Phi) is 5.73. The second kappa shape index (κ2) is 8.08. The molecule has 0 N–H and O–H groups in total. The molecule has 0 aliphatic heterocycles. The van der Waals surface area contributed by atoms with Crippen molar-refractivity contribution in [3.8, 4) is 6.07 Å². The Bertz CT molecular complexity index is 1040. The SMILES string of the molecule is Cc1ccc2oc(C(=O)O[C@@H](C)C(=O)N(C)C3(C#N)CCCCC3)cc(=O)c2c1. The van der Waals surface area contributed by atoms with Crippen LogP contribution in [0.5, 0.6) is 0 Å². The van der Waals surface area contributed by atoms with Gasteiger partial charge in [-0.3, -0.25) is 9.59 Å². The molecule has 1 fully saturated rings. The Morgan fingerprint density at radius 3 is 2.59 bits per heavy atom. The normalized spacial score (nSPS) is 16.6. The van der Waals surface area contributed by atoms with Gasteiger partial charge in [0.1, 0.15) is 11.1 Å². The summed E-state index contributed by atoms with van der Waals surface area (Å²) in [5.74, 6) is -1.62. The molecule has 29 heavy (non-hydrogen) atoms. The van der Waals surface area contributed by atoms with Crippen LogP contribution in [0.25, 0.3) is 11.0 Å². The molecular formula is C22H24N2O5. The van der Waals surface area contributed by atoms with Gasteiger partial charge in [0.25, 0.3) is 5.91 Å². The molecular weight excluding hydrogens is 372 g/mol. The minimum absolute atomic E-state index is 0.263. The highest BCUT2D eigenvalue weighted by atomic mass is 16.6. The first-order chi connectivity index (χ1) is 13.8. The minimum Gasteiger partial charge on any atom is -0.449 e. The van der Waals surface area contributed by atoms with Gasteiger partial charge >= 0.3 is 5.97 Å². The van der Waals surface area contributed by atoms with Crippen molar-refractivity contribution in [1.29, 1.82) is 5.26 Å². The van der Waals surface area contributed by atoms with Crippen molar-refractivity contribution < 1.29 is 18.7 Å². The van der Waals surface area contributed by atoms with Gasteiger partial charge in [0, 0.05) is 13.1 Å². The number of fused-ring (bicyclic) bond motifs is 1. The average Bonchev–Trinajstić information content (AvgIpc) is 2.73. The van der Waals surface area contributed by atoms with Gasteiger partial charge in [-0.25, -0.2) is 4.79 Å². The van der Waals surface area contributed by atoms with Crippen molar-refractivity contribution >= 4 is 22.8 Å². The molecule has 1 amide bonds. The number of nitriles is 1. The van der Waals surface area contributed by atoms with Crippen molar-refractivity contribution in [1.82, 2.24) is 4.90 Å². The van der Waals surface area contributed by atoms with E-state index in [4.69, 9.17) is 9.15 Å². The van der Waals surface area contributed by atoms with Crippen LogP contribution in [0.3, 0.4) is 0 Å². The van der Waals surface area contributed by atoms with E-state index in [0.717, 1.165) is 30.9 Å². The number of likely N-dealkylation sites (N-methyl/N-ethyl adjacent to an activating group) is 1. The number of nitrogens with zero attached hydrogens (tertiary/aromatic N) is 2. The molecule has 0 unspecified atom stereocenters. The highest BCUT2D eigenvalue weighted by Crippen LogP contribution is 2.33. The lowest BCUT2D eigenvalue weighted by molar-refractivity contribution is -0.143. The van der Waals surface area contributed by atoms with E-state index in [-0.39, 0.29) is 16.8 Å². The summed E-state index contributed by atoms with van der Waals surface area (Å²) in [5, 5.41) is 10.0. The number of hydrogen-bond acceptors (Lipinski definition) is 6. The zero-order valence-electron chi connectivity index (χ0n) is 16.9. The van der Waals surface area contributed by atoms with Crippen LogP contribution >= 0.6 is 0 Å². The van der Waals surface area contributed by atoms with Crippen molar-refractivity contribution in [3.05, 3.63) is 45.8 Å². The lowest BCUT2D eigenvalue weighted by Gasteiger charge is -2.39. The second-order valence-electron chi connectivity index (χ2n) is 7.62. The number of hydrogen-bond donors (Lipinski definition) is 0. The van der Waals surface area contributed by atoms with Gasteiger partial charge in [-0.15, -0.1) is 0 Å². The second-order valence-corrected chi connectivity index (χ2v) is 7.62. The van der Waals surface area contributed by atoms with Gasteiger partial charge in [-0.2, -0.15) is 5.26 Å². The summed E-state index contributed by atoms with van der Waals surface area (Å²) < 4.78 is 10.8. The fraction of sp³-hybridized carbons (Fsp3) is 0.455. The summed E-state index contributed by atoms with van der Waals surface area (Å²) in [6.07, 6.45) is 2.88. The zero-order chi connectivity index (χ0) is 21.2. The zero-order valence-corrected chi connectivity index (χ0v) is 16.9. The molecule has 1 aromatic heterocycles. The third-order valence-electron chi connectivity index (χ3n) is 5.58. The van der Waals surface area contributed by atoms with Crippen molar-refractivity contribution in [2.45, 2.75) is 57.6 Å². The molecule has 3 rings (SSSR count). The van der Waals surface area contributed by atoms with Crippen molar-refractivity contribution in [3.63, 3.8) is 0 Å². The first kappa shape index (κ1) is 20.6. The summed E-state index contributed by atoms with van der Waals surface area (Å²) in [5.41, 5.74) is -0.0550. The number of ether oxygens (including phenoxy) is 1. The predicted octanol–water partition coefficient (Wildman–Crippen LogP) is 3.33. The topological polar surface area (TPSA) is 101 Å². The molecule has 0 radical (unpaired) electrons. The first-order valence-corrected chi connectivity index (χ1v) is 9.72. The lowest BCUT2D eigenvalue weighted by Crippen LogP contribution is -2.53. The van der Waals surface area contributed by atoms with Crippen LogP contribution in [0.15, 0.2) is 33.5 Å². The highest BCUT2D eigenvalue weighted by Gasteiger charge is 2.41. The third-order valence-corrected chi connectivity index (χ3v) is 5.58. The van der Waals surface area contributed by atoms with E-state index < -0.39 is 23.5 Å². The molecule has 1 aromatic carbocycles. The Hall–Kier alpha value is -3.14. The molecule has 1 heterocycles. The average molecular weight is 396 g/mol. The number of amides is 1. The summed E-state index contributed by atoms with van der Waals surface area (Å²) in [6.45, 7) is 3.30. The lowest BCUT2D eigenvalue weighted by atomic mass is 9.81. The van der Waals surface area contributed by atoms with Gasteiger partial charge in [0.05, 0.1) is 11.5 Å². The van der Waals surface area contributed by atoms with Crippen molar-refractivity contribution in [2.24, 2.45) is 0 Å². The van der Waals surface area contributed by atoms with Gasteiger partial charge in [-0.05, 0) is 38.8 Å². The largest absolute Gasteiger partial charge is 0.449 e. The number of rotatable bonds is 4. The molecule has 1 saturated carbocycles. The van der Waals surface area contributed by atoms with E-state index in [0.29, 0.717) is 18.2 Å². The Morgan fingerprint density at radius 1 is 1.24 bits per heavy atom. The van der Waals surface area contributed by atoms with E-state index in [1.54, 1.807) is 25.2 Å². The Labute approximate surface area is 168 Å². The van der Waals surface area contributed by atoms with Gasteiger partial charge in [0.15, 0.2) is 11.5 Å². The maximum atomic E-state index is 12.8. The third kappa shape index (κ3) is 4.02. The van der Waals surface area contributed by atoms with E-state index in [1.165, 1.54) is 11.8 Å². The molecule has 1 aliphatic carbocycles. The maximum absolute atomic E-state index is 12.8. The number of carbonyl (C=O) groups is 2. The molecule has 7 nitrogen and oxygen atoms in total. The van der Waals surface area contributed by atoms with Crippen LogP contribution < -0.4 is 5.43 Å². The van der Waals surface area contributed by atoms with Gasteiger partial charge in [0.2, 0.25) is 5.76 Å². The monoisotopic (exact) mass is 396 g/mol. The van der Waals surface area contributed by atoms with Crippen LogP contribution in [0, 0.1) is 18.3 Å². The minimum atomic E-state index is -1.11. The van der Waals surface area contributed by atoms with E-state index >= 15 is 0 Å². The summed E-state index contributed by atoms with van der Waals surface area (Å²) in [6, 6.07) is 8.42. The number of carbonyl (C=O) groups excluding carboxylic acids is 2. The number of benzene rings is 1. The molecule has 1 aliphatic rings. The van der Waals surface area contributed by atoms with Crippen LogP contribution in [-0.4, -0.2) is 35.5 Å². The molecule has 1 atom stereocenters. The van der Waals surface area contributed by atoms with Gasteiger partial charge < -0.3 is 14.1 Å². The summed E-state index contributed by atoms with van der Waals surface area (Å²) in [4.78, 5) is 39.0. The van der Waals surface area contributed by atoms with Crippen molar-refractivity contribution in [2.75, 3.05) is 7.05 Å². The van der Waals surface area contributed by atoms with E-state index in [1.807, 2.05) is 6.92 Å². The van der Waals surface area contributed by atoms with E-state index in [2.05, 4.69) is 6.07 Å². The van der Waals surface area contributed by atoms with E-state index in [9.17, 15) is 19.6 Å². The summed E-state index contributed by atoms with van der Waals surface area (Å²) in [7, 11) is 1.57. The molecule has 2 aromatic rings. The quantitative estimate of drug-likeness (QED) is 0.735. The number of aryl methyl sites for hydroxylation is 1. The Morgan fingerprint density at radius 2 is 1.93 bits per heavy atom. The fourth-order valence-corrected chi connectivity index (χ4v) is 3.78. The van der Waals surface area contributed by atoms with Crippen LogP contribution in [0.2, 0.25) is 0 Å². The van der Waals surface area contributed by atoms with Crippen LogP contribution in [-0.2, 0) is 9.53 Å². The van der Waals surface area contributed by atoms with Gasteiger partial charge in [-0.1, -0.05) is 30.9 Å². The van der Waals surface area contributed by atoms with Crippen LogP contribution in [0.1, 0.15) is 55.1 Å². The predicted molar refractivity (Wildman–Crippen MR) is 106 cm³/mol. The first-order valence-electron chi connectivity index (χ1n) is 9.72. The molecule has 0 bridgehead atoms. The molecule has 7 heteroatoms. The fourth-order valence-electron chi connectivity index (χ4n) is 3.78. The molecule has 152 valence electrons. The summed E-state index contributed by atoms with van der Waals surface area (Å²) >= 11 is 0. The molecule has 0 spiro atoms. The highest BCUT2D eigenvalue weighted by molar-refractivity contribution is 5.91. The maximum Gasteiger partial charge on any atom is 0.375 e. The standard InChI is InChI=1S/C22H24N2O5/c1-14-7-8-18-16(11-14)17(25)12-19(29-18)21(27)28-15(2)20(26)24(3)22(13-23)9-5-4-6-10-22/h7-8,11-12,15H,4-6,9-10H2,1-3H3/t15-/m0/s1. The smallest absolute Gasteiger partial charge is 0.375 e. The number of esters is 1. The van der Waals surface area contributed by atoms with Crippen LogP contribution in [0.4, 0.5) is 0 Å². The Balaban J connectivity index is 1.77. The molecule has 0 saturated heterocycles.